The molecule has 0 fully saturated rings. The molecule has 8 aromatic rings. The summed E-state index contributed by atoms with van der Waals surface area (Å²) in [5.74, 6) is 4.57. The van der Waals surface area contributed by atoms with Crippen LogP contribution < -0.4 is 20.3 Å². The zero-order valence-electron chi connectivity index (χ0n) is 31.3. The van der Waals surface area contributed by atoms with Crippen LogP contribution in [0.15, 0.2) is 170 Å². The first-order chi connectivity index (χ1) is 28.3. The van der Waals surface area contributed by atoms with E-state index < -0.39 is 0 Å². The van der Waals surface area contributed by atoms with Gasteiger partial charge in [0.2, 0.25) is 0 Å². The van der Waals surface area contributed by atoms with E-state index in [1.807, 2.05) is 179 Å². The van der Waals surface area contributed by atoms with Gasteiger partial charge in [-0.05, 0) is 35.4 Å². The quantitative estimate of drug-likeness (QED) is 0.0833. The Morgan fingerprint density at radius 2 is 0.649 bits per heavy atom. The summed E-state index contributed by atoms with van der Waals surface area (Å²) >= 11 is 0. The molecule has 0 atom stereocenters. The molecule has 0 saturated carbocycles. The van der Waals surface area contributed by atoms with Crippen molar-refractivity contribution in [1.82, 2.24) is 29.7 Å². The number of benzene rings is 6. The Labute approximate surface area is 331 Å². The van der Waals surface area contributed by atoms with Crippen LogP contribution in [0.4, 0.5) is 0 Å². The van der Waals surface area contributed by atoms with E-state index in [4.69, 9.17) is 14.2 Å². The molecule has 0 aliphatic heterocycles. The molecular formula is C46H42N8O3. The maximum Gasteiger partial charge on any atom is 0.182 e. The monoisotopic (exact) mass is 754 g/mol. The molecule has 11 heteroatoms. The van der Waals surface area contributed by atoms with Crippen LogP contribution in [0.2, 0.25) is 0 Å². The maximum atomic E-state index is 5.93. The van der Waals surface area contributed by atoms with Crippen molar-refractivity contribution < 1.29 is 14.2 Å². The van der Waals surface area contributed by atoms with E-state index in [9.17, 15) is 0 Å². The van der Waals surface area contributed by atoms with Gasteiger partial charge in [-0.1, -0.05) is 146 Å². The van der Waals surface area contributed by atoms with Crippen LogP contribution in [0.1, 0.15) is 11.1 Å². The van der Waals surface area contributed by atoms with Gasteiger partial charge in [0.15, 0.2) is 23.3 Å². The molecule has 0 saturated heterocycles. The lowest BCUT2D eigenvalue weighted by atomic mass is 10.2. The number of hydrogen-bond donors (Lipinski definition) is 2. The Bertz CT molecular complexity index is 2140. The van der Waals surface area contributed by atoms with E-state index in [0.29, 0.717) is 39.5 Å². The molecule has 0 spiro atoms. The first-order valence-corrected chi connectivity index (χ1v) is 18.9. The molecule has 57 heavy (non-hydrogen) atoms. The van der Waals surface area contributed by atoms with Gasteiger partial charge < -0.3 is 25.1 Å². The number of rotatable bonds is 18. The van der Waals surface area contributed by atoms with Crippen molar-refractivity contribution in [3.8, 4) is 57.1 Å². The van der Waals surface area contributed by atoms with Crippen LogP contribution in [-0.4, -0.2) is 56.2 Å². The highest BCUT2D eigenvalue weighted by Gasteiger charge is 2.17. The summed E-state index contributed by atoms with van der Waals surface area (Å²) in [4.78, 5) is 0. The molecule has 0 bridgehead atoms. The molecule has 8 rings (SSSR count). The van der Waals surface area contributed by atoms with Crippen molar-refractivity contribution in [3.63, 3.8) is 0 Å². The maximum absolute atomic E-state index is 5.93. The van der Waals surface area contributed by atoms with E-state index in [1.54, 1.807) is 0 Å². The molecule has 2 heterocycles. The van der Waals surface area contributed by atoms with Gasteiger partial charge in [0.05, 0.1) is 26.3 Å². The third-order valence-corrected chi connectivity index (χ3v) is 9.18. The number of nitrogens with zero attached hydrogens (tertiary/aromatic N) is 6. The predicted octanol–water partition coefficient (Wildman–Crippen LogP) is 8.50. The van der Waals surface area contributed by atoms with Gasteiger partial charge in [-0.2, -0.15) is 0 Å². The fourth-order valence-corrected chi connectivity index (χ4v) is 6.25. The van der Waals surface area contributed by atoms with E-state index in [2.05, 4.69) is 31.2 Å². The largest absolute Gasteiger partial charge is 0.491 e. The van der Waals surface area contributed by atoms with Crippen LogP contribution in [-0.2, 0) is 17.8 Å². The first kappa shape index (κ1) is 36.7. The average molecular weight is 755 g/mol. The van der Waals surface area contributed by atoms with Crippen LogP contribution in [0, 0.1) is 0 Å². The number of hydrogen-bond acceptors (Lipinski definition) is 9. The molecule has 0 aliphatic carbocycles. The molecule has 2 aromatic heterocycles. The van der Waals surface area contributed by atoms with Gasteiger partial charge in [0, 0.05) is 22.3 Å². The van der Waals surface area contributed by atoms with Gasteiger partial charge in [-0.3, -0.25) is 0 Å². The smallest absolute Gasteiger partial charge is 0.182 e. The summed E-state index contributed by atoms with van der Waals surface area (Å²) < 4.78 is 21.5. The molecule has 11 nitrogen and oxygen atoms in total. The first-order valence-electron chi connectivity index (χ1n) is 18.9. The minimum Gasteiger partial charge on any atom is -0.491 e. The number of aromatic nitrogens is 6. The topological polar surface area (TPSA) is 113 Å². The van der Waals surface area contributed by atoms with Gasteiger partial charge in [0.25, 0.3) is 0 Å². The SMILES string of the molecule is c1ccc(-c2nnc(-c3ccccc3)n2NCc2ccc(OCCOCCOc3ccc(CNn4c(-c5ccccc5)nnc4-c4ccccc4)cc3)cc2)cc1. The highest BCUT2D eigenvalue weighted by molar-refractivity contribution is 5.64. The fourth-order valence-electron chi connectivity index (χ4n) is 6.25. The van der Waals surface area contributed by atoms with Gasteiger partial charge in [-0.25, -0.2) is 9.35 Å². The molecule has 2 N–H and O–H groups in total. The standard InChI is InChI=1S/C46H42N8O3/c1-5-13-37(14-6-1)43-49-50-44(38-15-7-2-8-16-38)53(43)47-33-35-21-25-41(26-22-35)56-31-29-55-30-32-57-42-27-23-36(24-28-42)34-48-54-45(39-17-9-3-10-18-39)51-52-46(54)40-19-11-4-12-20-40/h1-28,47-48H,29-34H2. The fraction of sp³-hybridized carbons (Fsp3) is 0.130. The summed E-state index contributed by atoms with van der Waals surface area (Å²) in [6.45, 7) is 2.93. The van der Waals surface area contributed by atoms with Crippen molar-refractivity contribution in [2.45, 2.75) is 13.1 Å². The lowest BCUT2D eigenvalue weighted by molar-refractivity contribution is 0.0764. The summed E-state index contributed by atoms with van der Waals surface area (Å²) in [6.07, 6.45) is 0. The van der Waals surface area contributed by atoms with Crippen LogP contribution in [0.3, 0.4) is 0 Å². The van der Waals surface area contributed by atoms with Crippen molar-refractivity contribution in [2.75, 3.05) is 37.3 Å². The van der Waals surface area contributed by atoms with E-state index in [1.165, 1.54) is 0 Å². The Morgan fingerprint density at radius 1 is 0.351 bits per heavy atom. The Hall–Kier alpha value is -7.24. The Kier molecular flexibility index (Phi) is 11.9. The number of ether oxygens (including phenoxy) is 3. The summed E-state index contributed by atoms with van der Waals surface area (Å²) in [7, 11) is 0. The molecule has 284 valence electrons. The van der Waals surface area contributed by atoms with Crippen molar-refractivity contribution in [3.05, 3.63) is 181 Å². The molecular weight excluding hydrogens is 713 g/mol. The van der Waals surface area contributed by atoms with Crippen molar-refractivity contribution in [2.24, 2.45) is 0 Å². The molecule has 0 amide bonds. The van der Waals surface area contributed by atoms with Gasteiger partial charge in [0.1, 0.15) is 24.7 Å². The van der Waals surface area contributed by atoms with Crippen molar-refractivity contribution >= 4 is 0 Å². The Balaban J connectivity index is 0.764. The third kappa shape index (κ3) is 9.35. The minimum absolute atomic E-state index is 0.436. The zero-order valence-corrected chi connectivity index (χ0v) is 31.3. The highest BCUT2D eigenvalue weighted by atomic mass is 16.5. The van der Waals surface area contributed by atoms with Crippen LogP contribution >= 0.6 is 0 Å². The second-order valence-corrected chi connectivity index (χ2v) is 13.1. The lowest BCUT2D eigenvalue weighted by Gasteiger charge is -2.14. The van der Waals surface area contributed by atoms with Crippen molar-refractivity contribution in [1.29, 1.82) is 0 Å². The predicted molar refractivity (Wildman–Crippen MR) is 223 cm³/mol. The molecule has 6 aromatic carbocycles. The highest BCUT2D eigenvalue weighted by Crippen LogP contribution is 2.25. The van der Waals surface area contributed by atoms with Crippen LogP contribution in [0.25, 0.3) is 45.6 Å². The van der Waals surface area contributed by atoms with E-state index in [-0.39, 0.29) is 0 Å². The molecule has 0 radical (unpaired) electrons. The lowest BCUT2D eigenvalue weighted by Crippen LogP contribution is -2.17. The molecule has 0 aliphatic rings. The number of nitrogens with one attached hydrogen (secondary N) is 2. The second-order valence-electron chi connectivity index (χ2n) is 13.1. The van der Waals surface area contributed by atoms with Crippen LogP contribution in [0.5, 0.6) is 11.5 Å². The summed E-state index contributed by atoms with van der Waals surface area (Å²) in [5, 5.41) is 18.0. The summed E-state index contributed by atoms with van der Waals surface area (Å²) in [6, 6.07) is 56.3. The normalized spacial score (nSPS) is 10.9. The van der Waals surface area contributed by atoms with E-state index in [0.717, 1.165) is 68.2 Å². The Morgan fingerprint density at radius 3 is 0.947 bits per heavy atom. The zero-order chi connectivity index (χ0) is 38.5. The average Bonchev–Trinajstić information content (AvgIpc) is 3.91. The molecule has 0 unspecified atom stereocenters. The van der Waals surface area contributed by atoms with Gasteiger partial charge >= 0.3 is 0 Å². The second kappa shape index (κ2) is 18.4. The van der Waals surface area contributed by atoms with Gasteiger partial charge in [-0.15, -0.1) is 20.4 Å². The minimum atomic E-state index is 0.436. The summed E-state index contributed by atoms with van der Waals surface area (Å²) in [5.41, 5.74) is 13.2. The third-order valence-electron chi connectivity index (χ3n) is 9.18. The van der Waals surface area contributed by atoms with E-state index >= 15 is 0 Å².